The zero-order valence-electron chi connectivity index (χ0n) is 14.3. The summed E-state index contributed by atoms with van der Waals surface area (Å²) in [5, 5.41) is 3.04. The Labute approximate surface area is 134 Å². The molecule has 1 aromatic rings. The lowest BCUT2D eigenvalue weighted by Crippen LogP contribution is -2.30. The zero-order chi connectivity index (χ0) is 16.4. The number of rotatable bonds is 10. The van der Waals surface area contributed by atoms with Gasteiger partial charge in [-0.25, -0.2) is 0 Å². The van der Waals surface area contributed by atoms with Crippen LogP contribution in [0.25, 0.3) is 0 Å². The van der Waals surface area contributed by atoms with Gasteiger partial charge in [0, 0.05) is 12.1 Å². The maximum Gasteiger partial charge on any atom is 0.224 e. The number of ether oxygens (including phenoxy) is 2. The van der Waals surface area contributed by atoms with Crippen molar-refractivity contribution in [2.24, 2.45) is 5.92 Å². The average Bonchev–Trinajstić information content (AvgIpc) is 2.54. The summed E-state index contributed by atoms with van der Waals surface area (Å²) in [6, 6.07) is 5.52. The lowest BCUT2D eigenvalue weighted by Gasteiger charge is -2.16. The van der Waals surface area contributed by atoms with Crippen molar-refractivity contribution in [3.05, 3.63) is 23.8 Å². The molecule has 1 N–H and O–H groups in total. The molecule has 0 aliphatic carbocycles. The minimum Gasteiger partial charge on any atom is -0.497 e. The standard InChI is InChI=1S/C18H29NO3/c1-5-7-8-14(6-2)13-19-18(20)12-15-11-16(21-3)9-10-17(15)22-4/h9-11,14H,5-8,12-13H2,1-4H3,(H,19,20). The van der Waals surface area contributed by atoms with Gasteiger partial charge in [0.15, 0.2) is 0 Å². The highest BCUT2D eigenvalue weighted by atomic mass is 16.5. The Balaban J connectivity index is 2.57. The predicted molar refractivity (Wildman–Crippen MR) is 89.6 cm³/mol. The van der Waals surface area contributed by atoms with Crippen molar-refractivity contribution in [2.75, 3.05) is 20.8 Å². The number of methoxy groups -OCH3 is 2. The summed E-state index contributed by atoms with van der Waals surface area (Å²) < 4.78 is 10.5. The highest BCUT2D eigenvalue weighted by molar-refractivity contribution is 5.79. The molecule has 1 rings (SSSR count). The van der Waals surface area contributed by atoms with Crippen LogP contribution in [0.15, 0.2) is 18.2 Å². The van der Waals surface area contributed by atoms with Crippen molar-refractivity contribution >= 4 is 5.91 Å². The van der Waals surface area contributed by atoms with Crippen LogP contribution in [0, 0.1) is 5.92 Å². The largest absolute Gasteiger partial charge is 0.497 e. The smallest absolute Gasteiger partial charge is 0.224 e. The number of hydrogen-bond acceptors (Lipinski definition) is 3. The van der Waals surface area contributed by atoms with E-state index in [-0.39, 0.29) is 5.91 Å². The minimum absolute atomic E-state index is 0.0292. The summed E-state index contributed by atoms with van der Waals surface area (Å²) in [4.78, 5) is 12.2. The number of hydrogen-bond donors (Lipinski definition) is 1. The Bertz CT molecular complexity index is 460. The van der Waals surface area contributed by atoms with Crippen LogP contribution in [0.3, 0.4) is 0 Å². The summed E-state index contributed by atoms with van der Waals surface area (Å²) in [7, 11) is 3.23. The SMILES string of the molecule is CCCCC(CC)CNC(=O)Cc1cc(OC)ccc1OC. The first-order valence-electron chi connectivity index (χ1n) is 8.12. The molecule has 0 bridgehead atoms. The summed E-state index contributed by atoms with van der Waals surface area (Å²) in [5.74, 6) is 2.05. The van der Waals surface area contributed by atoms with Crippen molar-refractivity contribution in [2.45, 2.75) is 46.0 Å². The molecular formula is C18H29NO3. The molecule has 1 aromatic carbocycles. The van der Waals surface area contributed by atoms with E-state index in [1.807, 2.05) is 18.2 Å². The molecule has 1 amide bonds. The van der Waals surface area contributed by atoms with E-state index < -0.39 is 0 Å². The Kier molecular flexibility index (Phi) is 8.41. The summed E-state index contributed by atoms with van der Waals surface area (Å²) in [6.07, 6.45) is 5.01. The molecule has 0 saturated heterocycles. The van der Waals surface area contributed by atoms with Crippen LogP contribution < -0.4 is 14.8 Å². The monoisotopic (exact) mass is 307 g/mol. The van der Waals surface area contributed by atoms with Crippen molar-refractivity contribution in [3.63, 3.8) is 0 Å². The molecule has 0 fully saturated rings. The van der Waals surface area contributed by atoms with Crippen LogP contribution in [0.5, 0.6) is 11.5 Å². The van der Waals surface area contributed by atoms with Crippen molar-refractivity contribution in [1.29, 1.82) is 0 Å². The third kappa shape index (κ3) is 5.96. The third-order valence-electron chi connectivity index (χ3n) is 3.97. The molecule has 4 heteroatoms. The second kappa shape index (κ2) is 10.1. The Morgan fingerprint density at radius 3 is 2.59 bits per heavy atom. The maximum atomic E-state index is 12.2. The number of carbonyl (C=O) groups excluding carboxylic acids is 1. The van der Waals surface area contributed by atoms with Gasteiger partial charge in [-0.05, 0) is 30.5 Å². The molecule has 1 atom stereocenters. The fourth-order valence-electron chi connectivity index (χ4n) is 2.46. The predicted octanol–water partition coefficient (Wildman–Crippen LogP) is 3.58. The van der Waals surface area contributed by atoms with Crippen molar-refractivity contribution in [1.82, 2.24) is 5.32 Å². The van der Waals surface area contributed by atoms with E-state index in [9.17, 15) is 4.79 Å². The van der Waals surface area contributed by atoms with E-state index in [0.29, 0.717) is 18.1 Å². The second-order valence-electron chi connectivity index (χ2n) is 5.58. The molecule has 0 aliphatic rings. The molecule has 1 unspecified atom stereocenters. The van der Waals surface area contributed by atoms with Gasteiger partial charge in [0.05, 0.1) is 20.6 Å². The van der Waals surface area contributed by atoms with E-state index in [4.69, 9.17) is 9.47 Å². The highest BCUT2D eigenvalue weighted by Crippen LogP contribution is 2.24. The van der Waals surface area contributed by atoms with Gasteiger partial charge in [0.25, 0.3) is 0 Å². The fraction of sp³-hybridized carbons (Fsp3) is 0.611. The lowest BCUT2D eigenvalue weighted by molar-refractivity contribution is -0.120. The van der Waals surface area contributed by atoms with E-state index >= 15 is 0 Å². The van der Waals surface area contributed by atoms with Crippen LogP contribution in [-0.2, 0) is 11.2 Å². The fourth-order valence-corrected chi connectivity index (χ4v) is 2.46. The molecule has 0 heterocycles. The molecule has 0 saturated carbocycles. The van der Waals surface area contributed by atoms with Gasteiger partial charge in [-0.3, -0.25) is 4.79 Å². The van der Waals surface area contributed by atoms with Gasteiger partial charge in [-0.15, -0.1) is 0 Å². The summed E-state index contributed by atoms with van der Waals surface area (Å²) in [5.41, 5.74) is 0.848. The van der Waals surface area contributed by atoms with Crippen molar-refractivity contribution < 1.29 is 14.3 Å². The highest BCUT2D eigenvalue weighted by Gasteiger charge is 2.12. The van der Waals surface area contributed by atoms with E-state index in [2.05, 4.69) is 19.2 Å². The normalized spacial score (nSPS) is 11.8. The lowest BCUT2D eigenvalue weighted by atomic mass is 9.99. The first-order valence-corrected chi connectivity index (χ1v) is 8.12. The first-order chi connectivity index (χ1) is 10.6. The molecule has 0 aromatic heterocycles. The van der Waals surface area contributed by atoms with Crippen LogP contribution in [-0.4, -0.2) is 26.7 Å². The van der Waals surface area contributed by atoms with E-state index in [1.54, 1.807) is 14.2 Å². The van der Waals surface area contributed by atoms with E-state index in [0.717, 1.165) is 24.3 Å². The number of nitrogens with one attached hydrogen (secondary N) is 1. The third-order valence-corrected chi connectivity index (χ3v) is 3.97. The van der Waals surface area contributed by atoms with Crippen LogP contribution in [0.1, 0.15) is 45.1 Å². The Morgan fingerprint density at radius 1 is 1.23 bits per heavy atom. The summed E-state index contributed by atoms with van der Waals surface area (Å²) in [6.45, 7) is 5.12. The number of benzene rings is 1. The van der Waals surface area contributed by atoms with E-state index in [1.165, 1.54) is 19.3 Å². The average molecular weight is 307 g/mol. The van der Waals surface area contributed by atoms with Crippen molar-refractivity contribution in [3.8, 4) is 11.5 Å². The van der Waals surface area contributed by atoms with Gasteiger partial charge >= 0.3 is 0 Å². The Morgan fingerprint density at radius 2 is 2.00 bits per heavy atom. The second-order valence-corrected chi connectivity index (χ2v) is 5.58. The van der Waals surface area contributed by atoms with Crippen LogP contribution >= 0.6 is 0 Å². The molecule has 4 nitrogen and oxygen atoms in total. The number of unbranched alkanes of at least 4 members (excludes halogenated alkanes) is 1. The Hall–Kier alpha value is -1.71. The number of amides is 1. The van der Waals surface area contributed by atoms with Crippen LogP contribution in [0.2, 0.25) is 0 Å². The quantitative estimate of drug-likeness (QED) is 0.719. The minimum atomic E-state index is 0.0292. The van der Waals surface area contributed by atoms with Gasteiger partial charge < -0.3 is 14.8 Å². The number of carbonyl (C=O) groups is 1. The van der Waals surface area contributed by atoms with Gasteiger partial charge in [-0.2, -0.15) is 0 Å². The molecular weight excluding hydrogens is 278 g/mol. The van der Waals surface area contributed by atoms with Gasteiger partial charge in [0.2, 0.25) is 5.91 Å². The molecule has 22 heavy (non-hydrogen) atoms. The zero-order valence-corrected chi connectivity index (χ0v) is 14.3. The molecule has 124 valence electrons. The molecule has 0 spiro atoms. The van der Waals surface area contributed by atoms with Gasteiger partial charge in [0.1, 0.15) is 11.5 Å². The van der Waals surface area contributed by atoms with Crippen LogP contribution in [0.4, 0.5) is 0 Å². The van der Waals surface area contributed by atoms with Gasteiger partial charge in [-0.1, -0.05) is 33.1 Å². The summed E-state index contributed by atoms with van der Waals surface area (Å²) >= 11 is 0. The maximum absolute atomic E-state index is 12.2. The topological polar surface area (TPSA) is 47.6 Å². The molecule has 0 radical (unpaired) electrons. The first kappa shape index (κ1) is 18.3. The molecule has 0 aliphatic heterocycles.